The zero-order valence-corrected chi connectivity index (χ0v) is 9.25. The highest BCUT2D eigenvalue weighted by Gasteiger charge is 2.05. The topological polar surface area (TPSA) is 59.3 Å². The van der Waals surface area contributed by atoms with Crippen LogP contribution in [-0.2, 0) is 0 Å². The van der Waals surface area contributed by atoms with Crippen molar-refractivity contribution in [1.82, 2.24) is 4.57 Å². The molecule has 0 atom stereocenters. The maximum Gasteiger partial charge on any atom is 0.335 e. The van der Waals surface area contributed by atoms with E-state index >= 15 is 0 Å². The fourth-order valence-electron chi connectivity index (χ4n) is 1.53. The van der Waals surface area contributed by atoms with Crippen LogP contribution in [0, 0.1) is 6.92 Å². The van der Waals surface area contributed by atoms with Gasteiger partial charge in [0.15, 0.2) is 0 Å². The van der Waals surface area contributed by atoms with Crippen LogP contribution in [0.1, 0.15) is 15.9 Å². The average Bonchev–Trinajstić information content (AvgIpc) is 2.30. The smallest absolute Gasteiger partial charge is 0.335 e. The lowest BCUT2D eigenvalue weighted by atomic mass is 10.2. The molecule has 17 heavy (non-hydrogen) atoms. The number of rotatable bonds is 2. The van der Waals surface area contributed by atoms with Gasteiger partial charge in [-0.15, -0.1) is 0 Å². The first-order chi connectivity index (χ1) is 8.08. The Kier molecular flexibility index (Phi) is 2.78. The van der Waals surface area contributed by atoms with Crippen molar-refractivity contribution in [2.24, 2.45) is 0 Å². The van der Waals surface area contributed by atoms with Gasteiger partial charge in [-0.1, -0.05) is 17.7 Å². The van der Waals surface area contributed by atoms with Gasteiger partial charge in [0.2, 0.25) is 0 Å². The summed E-state index contributed by atoms with van der Waals surface area (Å²) in [7, 11) is 0. The fourth-order valence-corrected chi connectivity index (χ4v) is 1.53. The predicted molar refractivity (Wildman–Crippen MR) is 63.7 cm³/mol. The fraction of sp³-hybridized carbons (Fsp3) is 0.0769. The summed E-state index contributed by atoms with van der Waals surface area (Å²) in [5.41, 5.74) is 1.47. The van der Waals surface area contributed by atoms with E-state index in [4.69, 9.17) is 5.11 Å². The van der Waals surface area contributed by atoms with Gasteiger partial charge in [-0.05, 0) is 25.1 Å². The van der Waals surface area contributed by atoms with Gasteiger partial charge in [0.05, 0.1) is 5.56 Å². The Morgan fingerprint density at radius 1 is 1.18 bits per heavy atom. The molecule has 4 nitrogen and oxygen atoms in total. The molecule has 2 rings (SSSR count). The molecule has 0 aliphatic rings. The van der Waals surface area contributed by atoms with Crippen LogP contribution in [0.5, 0.6) is 0 Å². The van der Waals surface area contributed by atoms with E-state index in [0.29, 0.717) is 0 Å². The quantitative estimate of drug-likeness (QED) is 0.854. The zero-order valence-electron chi connectivity index (χ0n) is 9.25. The molecule has 0 bridgehead atoms. The van der Waals surface area contributed by atoms with Crippen molar-refractivity contribution in [3.63, 3.8) is 0 Å². The van der Waals surface area contributed by atoms with Crippen molar-refractivity contribution >= 4 is 5.97 Å². The van der Waals surface area contributed by atoms with Gasteiger partial charge in [0.25, 0.3) is 5.56 Å². The maximum absolute atomic E-state index is 11.7. The minimum Gasteiger partial charge on any atom is -0.478 e. The van der Waals surface area contributed by atoms with Gasteiger partial charge in [-0.3, -0.25) is 9.36 Å². The molecule has 0 fully saturated rings. The first-order valence-corrected chi connectivity index (χ1v) is 5.11. The molecular weight excluding hydrogens is 218 g/mol. The normalized spacial score (nSPS) is 10.2. The summed E-state index contributed by atoms with van der Waals surface area (Å²) < 4.78 is 1.41. The molecule has 2 aromatic rings. The van der Waals surface area contributed by atoms with Crippen molar-refractivity contribution in [2.75, 3.05) is 0 Å². The van der Waals surface area contributed by atoms with E-state index in [1.54, 1.807) is 0 Å². The van der Waals surface area contributed by atoms with E-state index in [9.17, 15) is 9.59 Å². The van der Waals surface area contributed by atoms with Crippen LogP contribution < -0.4 is 5.56 Å². The number of nitrogens with zero attached hydrogens (tertiary/aromatic N) is 1. The summed E-state index contributed by atoms with van der Waals surface area (Å²) >= 11 is 0. The van der Waals surface area contributed by atoms with Crippen molar-refractivity contribution in [3.8, 4) is 5.69 Å². The highest BCUT2D eigenvalue weighted by molar-refractivity contribution is 5.87. The molecule has 0 saturated carbocycles. The van der Waals surface area contributed by atoms with Gasteiger partial charge < -0.3 is 5.11 Å². The molecule has 1 N–H and O–H groups in total. The Morgan fingerprint density at radius 2 is 1.82 bits per heavy atom. The molecule has 0 saturated heterocycles. The van der Waals surface area contributed by atoms with Gasteiger partial charge >= 0.3 is 5.97 Å². The SMILES string of the molecule is Cc1ccc(-n2ccc(C(=O)O)cc2=O)cc1. The van der Waals surface area contributed by atoms with Gasteiger partial charge in [-0.25, -0.2) is 4.79 Å². The number of aromatic nitrogens is 1. The number of pyridine rings is 1. The highest BCUT2D eigenvalue weighted by atomic mass is 16.4. The first kappa shape index (κ1) is 11.1. The lowest BCUT2D eigenvalue weighted by Crippen LogP contribution is -2.18. The summed E-state index contributed by atoms with van der Waals surface area (Å²) in [4.78, 5) is 22.4. The van der Waals surface area contributed by atoms with Gasteiger partial charge in [-0.2, -0.15) is 0 Å². The molecule has 86 valence electrons. The number of aromatic carboxylic acids is 1. The van der Waals surface area contributed by atoms with Crippen LogP contribution in [0.3, 0.4) is 0 Å². The Hall–Kier alpha value is -2.36. The lowest BCUT2D eigenvalue weighted by molar-refractivity contribution is 0.0696. The molecular formula is C13H11NO3. The van der Waals surface area contributed by atoms with Crippen LogP contribution in [-0.4, -0.2) is 15.6 Å². The minimum atomic E-state index is -1.10. The third kappa shape index (κ3) is 2.25. The second-order valence-electron chi connectivity index (χ2n) is 3.76. The molecule has 0 amide bonds. The van der Waals surface area contributed by atoms with Crippen molar-refractivity contribution in [3.05, 3.63) is 64.1 Å². The molecule has 1 aromatic heterocycles. The standard InChI is InChI=1S/C13H11NO3/c1-9-2-4-11(5-3-9)14-7-6-10(13(16)17)8-12(14)15/h2-8H,1H3,(H,16,17). The van der Waals surface area contributed by atoms with Gasteiger partial charge in [0, 0.05) is 18.0 Å². The largest absolute Gasteiger partial charge is 0.478 e. The van der Waals surface area contributed by atoms with Crippen LogP contribution >= 0.6 is 0 Å². The molecule has 1 aromatic carbocycles. The zero-order chi connectivity index (χ0) is 12.4. The Balaban J connectivity index is 2.50. The van der Waals surface area contributed by atoms with Crippen molar-refractivity contribution < 1.29 is 9.90 Å². The Morgan fingerprint density at radius 3 is 2.35 bits per heavy atom. The molecule has 0 spiro atoms. The van der Waals surface area contributed by atoms with Crippen molar-refractivity contribution in [2.45, 2.75) is 6.92 Å². The van der Waals surface area contributed by atoms with Crippen LogP contribution in [0.15, 0.2) is 47.4 Å². The molecule has 0 radical (unpaired) electrons. The second kappa shape index (κ2) is 4.25. The summed E-state index contributed by atoms with van der Waals surface area (Å²) in [5.74, 6) is -1.10. The third-order valence-corrected chi connectivity index (χ3v) is 2.48. The highest BCUT2D eigenvalue weighted by Crippen LogP contribution is 2.07. The molecule has 0 unspecified atom stereocenters. The van der Waals surface area contributed by atoms with Gasteiger partial charge in [0.1, 0.15) is 0 Å². The van der Waals surface area contributed by atoms with E-state index < -0.39 is 5.97 Å². The summed E-state index contributed by atoms with van der Waals surface area (Å²) in [6.07, 6.45) is 1.47. The van der Waals surface area contributed by atoms with Crippen LogP contribution in [0.25, 0.3) is 5.69 Å². The Bertz CT molecular complexity index is 611. The van der Waals surface area contributed by atoms with E-state index in [1.165, 1.54) is 16.8 Å². The van der Waals surface area contributed by atoms with E-state index in [2.05, 4.69) is 0 Å². The minimum absolute atomic E-state index is 0.00152. The maximum atomic E-state index is 11.7. The van der Waals surface area contributed by atoms with Crippen LogP contribution in [0.2, 0.25) is 0 Å². The Labute approximate surface area is 97.8 Å². The van der Waals surface area contributed by atoms with E-state index in [1.807, 2.05) is 31.2 Å². The molecule has 0 aliphatic carbocycles. The number of carbonyl (C=O) groups is 1. The number of hydrogen-bond donors (Lipinski definition) is 1. The average molecular weight is 229 g/mol. The monoisotopic (exact) mass is 229 g/mol. The number of hydrogen-bond acceptors (Lipinski definition) is 2. The van der Waals surface area contributed by atoms with E-state index in [0.717, 1.165) is 17.3 Å². The van der Waals surface area contributed by atoms with E-state index in [-0.39, 0.29) is 11.1 Å². The number of carboxylic acids is 1. The molecule has 1 heterocycles. The summed E-state index contributed by atoms with van der Waals surface area (Å²) in [6, 6.07) is 9.94. The lowest BCUT2D eigenvalue weighted by Gasteiger charge is -2.05. The third-order valence-electron chi connectivity index (χ3n) is 2.48. The number of carboxylic acid groups (broad SMARTS) is 1. The molecule has 4 heteroatoms. The predicted octanol–water partition coefficient (Wildman–Crippen LogP) is 1.84. The second-order valence-corrected chi connectivity index (χ2v) is 3.76. The number of benzene rings is 1. The number of aryl methyl sites for hydroxylation is 1. The molecule has 0 aliphatic heterocycles. The summed E-state index contributed by atoms with van der Waals surface area (Å²) in [6.45, 7) is 1.96. The van der Waals surface area contributed by atoms with Crippen molar-refractivity contribution in [1.29, 1.82) is 0 Å². The first-order valence-electron chi connectivity index (χ1n) is 5.11. The summed E-state index contributed by atoms with van der Waals surface area (Å²) in [5, 5.41) is 8.76. The van der Waals surface area contributed by atoms with Crippen LogP contribution in [0.4, 0.5) is 0 Å².